The van der Waals surface area contributed by atoms with Crippen LogP contribution in [0.4, 0.5) is 0 Å². The lowest BCUT2D eigenvalue weighted by molar-refractivity contribution is -0.598. The Morgan fingerprint density at radius 3 is 2.04 bits per heavy atom. The Labute approximate surface area is 148 Å². The van der Waals surface area contributed by atoms with Crippen LogP contribution in [0.5, 0.6) is 0 Å². The number of benzene rings is 1. The maximum atomic E-state index is 11.7. The van der Waals surface area contributed by atoms with E-state index in [1.807, 2.05) is 0 Å². The van der Waals surface area contributed by atoms with Gasteiger partial charge in [0.05, 0.1) is 10.0 Å². The molecule has 0 radical (unpaired) electrons. The number of fused-ring (bicyclic) bond motifs is 1. The predicted molar refractivity (Wildman–Crippen MR) is 86.8 cm³/mol. The summed E-state index contributed by atoms with van der Waals surface area (Å²) in [6, 6.07) is 2.67. The molecular formula is C15H17Cl2NO6. The molecule has 0 spiro atoms. The first-order valence-corrected chi connectivity index (χ1v) is 8.18. The molecule has 3 N–H and O–H groups in total. The van der Waals surface area contributed by atoms with Crippen molar-refractivity contribution in [2.24, 2.45) is 0 Å². The summed E-state index contributed by atoms with van der Waals surface area (Å²) in [5, 5.41) is 41.6. The van der Waals surface area contributed by atoms with Crippen LogP contribution in [0, 0.1) is 10.1 Å². The molecule has 0 bridgehead atoms. The Balaban J connectivity index is 2.23. The Kier molecular flexibility index (Phi) is 5.70. The zero-order chi connectivity index (χ0) is 18.1. The summed E-state index contributed by atoms with van der Waals surface area (Å²) < 4.78 is 0. The molecule has 1 unspecified atom stereocenters. The molecule has 0 heterocycles. The zero-order valence-corrected chi connectivity index (χ0v) is 14.1. The Hall–Kier alpha value is -1.41. The van der Waals surface area contributed by atoms with Gasteiger partial charge in [-0.05, 0) is 36.1 Å². The number of rotatable bonds is 7. The zero-order valence-electron chi connectivity index (χ0n) is 12.6. The standard InChI is InChI=1S/C15H17Cl2NO6/c16-10-6-8-9(7-11(10)17)14(22)15(13(8)21,18(23)24)5-3-1-2-4-12(19)20/h6-7,13-14,21-22H,1-5H2,(H,19,20)/t13-,14+,15?. The predicted octanol–water partition coefficient (Wildman–Crippen LogP) is 3.12. The second kappa shape index (κ2) is 7.23. The highest BCUT2D eigenvalue weighted by molar-refractivity contribution is 6.42. The van der Waals surface area contributed by atoms with Gasteiger partial charge in [-0.25, -0.2) is 0 Å². The van der Waals surface area contributed by atoms with Crippen LogP contribution in [0.3, 0.4) is 0 Å². The molecule has 0 fully saturated rings. The van der Waals surface area contributed by atoms with E-state index >= 15 is 0 Å². The molecule has 24 heavy (non-hydrogen) atoms. The average Bonchev–Trinajstić information content (AvgIpc) is 2.70. The van der Waals surface area contributed by atoms with Crippen molar-refractivity contribution >= 4 is 29.2 Å². The van der Waals surface area contributed by atoms with Gasteiger partial charge < -0.3 is 15.3 Å². The van der Waals surface area contributed by atoms with Crippen molar-refractivity contribution in [1.29, 1.82) is 0 Å². The first kappa shape index (κ1) is 18.9. The van der Waals surface area contributed by atoms with E-state index in [1.165, 1.54) is 12.1 Å². The van der Waals surface area contributed by atoms with E-state index in [2.05, 4.69) is 0 Å². The Bertz CT molecular complexity index is 631. The van der Waals surface area contributed by atoms with Crippen LogP contribution in [0.2, 0.25) is 10.0 Å². The van der Waals surface area contributed by atoms with Gasteiger partial charge in [0, 0.05) is 17.8 Å². The van der Waals surface area contributed by atoms with Crippen molar-refractivity contribution in [3.63, 3.8) is 0 Å². The summed E-state index contributed by atoms with van der Waals surface area (Å²) in [5.41, 5.74) is -1.60. The van der Waals surface area contributed by atoms with Crippen molar-refractivity contribution in [2.45, 2.75) is 49.9 Å². The summed E-state index contributed by atoms with van der Waals surface area (Å²) in [6.45, 7) is 0. The summed E-state index contributed by atoms with van der Waals surface area (Å²) in [6.07, 6.45) is -2.04. The minimum absolute atomic E-state index is 0.0258. The number of aliphatic carboxylic acids is 1. The number of unbranched alkanes of at least 4 members (excludes halogenated alkanes) is 2. The van der Waals surface area contributed by atoms with Crippen LogP contribution in [0.15, 0.2) is 12.1 Å². The van der Waals surface area contributed by atoms with E-state index in [0.717, 1.165) is 0 Å². The second-order valence-electron chi connectivity index (χ2n) is 5.90. The summed E-state index contributed by atoms with van der Waals surface area (Å²) >= 11 is 11.8. The number of aliphatic hydroxyl groups is 2. The lowest BCUT2D eigenvalue weighted by Crippen LogP contribution is -2.45. The molecule has 1 aromatic carbocycles. The van der Waals surface area contributed by atoms with Gasteiger partial charge in [0.1, 0.15) is 0 Å². The number of hydrogen-bond acceptors (Lipinski definition) is 5. The van der Waals surface area contributed by atoms with Crippen molar-refractivity contribution in [1.82, 2.24) is 0 Å². The first-order valence-electron chi connectivity index (χ1n) is 7.43. The molecule has 2 rings (SSSR count). The third-order valence-electron chi connectivity index (χ3n) is 4.47. The molecule has 0 aromatic heterocycles. The third kappa shape index (κ3) is 3.21. The number of carboxylic acids is 1. The fourth-order valence-corrected chi connectivity index (χ4v) is 3.51. The lowest BCUT2D eigenvalue weighted by Gasteiger charge is -2.27. The van der Waals surface area contributed by atoms with Crippen molar-refractivity contribution in [3.8, 4) is 0 Å². The molecule has 132 valence electrons. The summed E-state index contributed by atoms with van der Waals surface area (Å²) in [5.74, 6) is -0.934. The van der Waals surface area contributed by atoms with Crippen LogP contribution in [0.25, 0.3) is 0 Å². The number of aliphatic hydroxyl groups excluding tert-OH is 2. The van der Waals surface area contributed by atoms with E-state index in [0.29, 0.717) is 19.3 Å². The van der Waals surface area contributed by atoms with Gasteiger partial charge >= 0.3 is 5.97 Å². The lowest BCUT2D eigenvalue weighted by atomic mass is 9.85. The monoisotopic (exact) mass is 377 g/mol. The van der Waals surface area contributed by atoms with Gasteiger partial charge in [-0.1, -0.05) is 29.6 Å². The minimum Gasteiger partial charge on any atom is -0.481 e. The SMILES string of the molecule is O=C(O)CCCCCC1([N+](=O)[O-])[C@H](O)c2cc(Cl)c(Cl)cc2[C@@H]1O. The van der Waals surface area contributed by atoms with Crippen LogP contribution >= 0.6 is 23.2 Å². The molecule has 1 aliphatic carbocycles. The van der Waals surface area contributed by atoms with Crippen LogP contribution in [0.1, 0.15) is 55.4 Å². The van der Waals surface area contributed by atoms with Crippen LogP contribution in [-0.4, -0.2) is 31.8 Å². The number of carbonyl (C=O) groups is 1. The number of nitrogens with zero attached hydrogens (tertiary/aromatic N) is 1. The van der Waals surface area contributed by atoms with E-state index in [-0.39, 0.29) is 34.0 Å². The average molecular weight is 378 g/mol. The van der Waals surface area contributed by atoms with Gasteiger partial charge in [0.15, 0.2) is 12.2 Å². The largest absolute Gasteiger partial charge is 0.481 e. The molecular weight excluding hydrogens is 361 g/mol. The highest BCUT2D eigenvalue weighted by atomic mass is 35.5. The topological polar surface area (TPSA) is 121 Å². The molecule has 0 saturated heterocycles. The molecule has 0 saturated carbocycles. The van der Waals surface area contributed by atoms with Gasteiger partial charge in [-0.2, -0.15) is 0 Å². The normalized spacial score (nSPS) is 25.5. The number of halogens is 2. The van der Waals surface area contributed by atoms with E-state index < -0.39 is 28.6 Å². The minimum atomic E-state index is -1.99. The quantitative estimate of drug-likeness (QED) is 0.381. The highest BCUT2D eigenvalue weighted by Gasteiger charge is 2.62. The number of carboxylic acid groups (broad SMARTS) is 1. The third-order valence-corrected chi connectivity index (χ3v) is 5.19. The molecule has 9 heteroatoms. The molecule has 3 atom stereocenters. The van der Waals surface area contributed by atoms with Gasteiger partial charge in [0.2, 0.25) is 0 Å². The molecule has 0 aliphatic heterocycles. The fraction of sp³-hybridized carbons (Fsp3) is 0.533. The van der Waals surface area contributed by atoms with Gasteiger partial charge in [0.25, 0.3) is 5.54 Å². The maximum Gasteiger partial charge on any atom is 0.303 e. The van der Waals surface area contributed by atoms with Gasteiger partial charge in [-0.3, -0.25) is 14.9 Å². The van der Waals surface area contributed by atoms with E-state index in [1.54, 1.807) is 0 Å². The van der Waals surface area contributed by atoms with Crippen molar-refractivity contribution in [3.05, 3.63) is 43.4 Å². The maximum absolute atomic E-state index is 11.7. The van der Waals surface area contributed by atoms with Crippen LogP contribution < -0.4 is 0 Å². The Morgan fingerprint density at radius 2 is 1.62 bits per heavy atom. The fourth-order valence-electron chi connectivity index (χ4n) is 3.16. The number of hydrogen-bond donors (Lipinski definition) is 3. The summed E-state index contributed by atoms with van der Waals surface area (Å²) in [7, 11) is 0. The number of nitro groups is 1. The van der Waals surface area contributed by atoms with Crippen molar-refractivity contribution in [2.75, 3.05) is 0 Å². The van der Waals surface area contributed by atoms with Gasteiger partial charge in [-0.15, -0.1) is 0 Å². The smallest absolute Gasteiger partial charge is 0.303 e. The van der Waals surface area contributed by atoms with Crippen LogP contribution in [-0.2, 0) is 4.79 Å². The highest BCUT2D eigenvalue weighted by Crippen LogP contribution is 2.52. The molecule has 1 aromatic rings. The van der Waals surface area contributed by atoms with E-state index in [4.69, 9.17) is 28.3 Å². The molecule has 0 amide bonds. The summed E-state index contributed by atoms with van der Waals surface area (Å²) in [4.78, 5) is 21.5. The second-order valence-corrected chi connectivity index (χ2v) is 6.72. The van der Waals surface area contributed by atoms with Crippen molar-refractivity contribution < 1.29 is 25.0 Å². The molecule has 1 aliphatic rings. The van der Waals surface area contributed by atoms with E-state index in [9.17, 15) is 25.1 Å². The molecule has 7 nitrogen and oxygen atoms in total. The Morgan fingerprint density at radius 1 is 1.12 bits per heavy atom. The first-order chi connectivity index (χ1) is 11.2.